The lowest BCUT2D eigenvalue weighted by Gasteiger charge is -2.22. The number of nitrogens with zero attached hydrogens (tertiary/aromatic N) is 1. The zero-order valence-corrected chi connectivity index (χ0v) is 12.1. The number of benzene rings is 1. The van der Waals surface area contributed by atoms with Gasteiger partial charge in [0, 0.05) is 30.0 Å². The fourth-order valence-electron chi connectivity index (χ4n) is 3.33. The van der Waals surface area contributed by atoms with Crippen molar-refractivity contribution in [1.82, 2.24) is 4.90 Å². The molecule has 3 rings (SSSR count). The van der Waals surface area contributed by atoms with Crippen LogP contribution in [0.25, 0.3) is 0 Å². The van der Waals surface area contributed by atoms with Gasteiger partial charge in [0.25, 0.3) is 0 Å². The van der Waals surface area contributed by atoms with Crippen LogP contribution in [0.4, 0.5) is 11.4 Å². The van der Waals surface area contributed by atoms with Crippen molar-refractivity contribution in [1.29, 1.82) is 0 Å². The van der Waals surface area contributed by atoms with Gasteiger partial charge >= 0.3 is 0 Å². The molecule has 7 heteroatoms. The molecule has 0 saturated carbocycles. The highest BCUT2D eigenvalue weighted by molar-refractivity contribution is 7.89. The summed E-state index contributed by atoms with van der Waals surface area (Å²) >= 11 is 0. The second-order valence-corrected chi connectivity index (χ2v) is 7.18. The second kappa shape index (κ2) is 4.91. The number of hydrogen-bond acceptors (Lipinski definition) is 5. The molecule has 2 atom stereocenters. The molecule has 1 aromatic carbocycles. The van der Waals surface area contributed by atoms with Crippen molar-refractivity contribution < 1.29 is 8.42 Å². The number of rotatable bonds is 3. The molecule has 2 unspecified atom stereocenters. The Morgan fingerprint density at radius 3 is 2.75 bits per heavy atom. The average Bonchev–Trinajstić information content (AvgIpc) is 2.92. The van der Waals surface area contributed by atoms with E-state index >= 15 is 0 Å². The Bertz CT molecular complexity index is 617. The highest BCUT2D eigenvalue weighted by Gasteiger charge is 2.37. The molecule has 0 aliphatic carbocycles. The third-order valence-electron chi connectivity index (χ3n) is 4.22. The first-order valence-electron chi connectivity index (χ1n) is 6.87. The van der Waals surface area contributed by atoms with Gasteiger partial charge in [0.05, 0.1) is 4.90 Å². The molecular formula is C13H20N4O2S. The highest BCUT2D eigenvalue weighted by Crippen LogP contribution is 2.31. The Labute approximate surface area is 119 Å². The lowest BCUT2D eigenvalue weighted by Crippen LogP contribution is -2.33. The predicted molar refractivity (Wildman–Crippen MR) is 78.9 cm³/mol. The fraction of sp³-hybridized carbons (Fsp3) is 0.538. The van der Waals surface area contributed by atoms with E-state index in [1.807, 2.05) is 0 Å². The number of fused-ring (bicyclic) bond motifs is 1. The van der Waals surface area contributed by atoms with E-state index in [2.05, 4.69) is 10.2 Å². The number of sulfonamides is 1. The Kier molecular flexibility index (Phi) is 3.35. The molecule has 6 nitrogen and oxygen atoms in total. The van der Waals surface area contributed by atoms with Crippen molar-refractivity contribution in [2.75, 3.05) is 24.1 Å². The van der Waals surface area contributed by atoms with E-state index in [0.717, 1.165) is 18.7 Å². The zero-order valence-electron chi connectivity index (χ0n) is 11.2. The summed E-state index contributed by atoms with van der Waals surface area (Å²) in [7, 11) is -3.73. The van der Waals surface area contributed by atoms with Crippen molar-refractivity contribution >= 4 is 21.4 Å². The van der Waals surface area contributed by atoms with Gasteiger partial charge in [0.2, 0.25) is 10.0 Å². The fourth-order valence-corrected chi connectivity index (χ4v) is 3.93. The maximum atomic E-state index is 11.4. The predicted octanol–water partition coefficient (Wildman–Crippen LogP) is 0.565. The molecule has 2 fully saturated rings. The molecule has 110 valence electrons. The van der Waals surface area contributed by atoms with Gasteiger partial charge in [-0.25, -0.2) is 13.6 Å². The topological polar surface area (TPSA) is 101 Å². The van der Waals surface area contributed by atoms with Gasteiger partial charge in [0.15, 0.2) is 0 Å². The molecule has 0 radical (unpaired) electrons. The van der Waals surface area contributed by atoms with Crippen molar-refractivity contribution in [2.24, 2.45) is 5.14 Å². The van der Waals surface area contributed by atoms with Gasteiger partial charge in [-0.05, 0) is 44.0 Å². The Morgan fingerprint density at radius 1 is 1.20 bits per heavy atom. The molecule has 0 aromatic heterocycles. The molecule has 20 heavy (non-hydrogen) atoms. The molecule has 2 aliphatic rings. The summed E-state index contributed by atoms with van der Waals surface area (Å²) in [5.74, 6) is 0. The van der Waals surface area contributed by atoms with Crippen LogP contribution in [0.1, 0.15) is 19.3 Å². The van der Waals surface area contributed by atoms with Crippen molar-refractivity contribution in [3.05, 3.63) is 18.2 Å². The molecule has 2 aliphatic heterocycles. The summed E-state index contributed by atoms with van der Waals surface area (Å²) in [4.78, 5) is 2.55. The lowest BCUT2D eigenvalue weighted by atomic mass is 10.1. The van der Waals surface area contributed by atoms with Gasteiger partial charge < -0.3 is 11.1 Å². The Morgan fingerprint density at radius 2 is 2.00 bits per heavy atom. The summed E-state index contributed by atoms with van der Waals surface area (Å²) in [6.07, 6.45) is 3.51. The normalized spacial score (nSPS) is 26.6. The van der Waals surface area contributed by atoms with Crippen LogP contribution in [0, 0.1) is 0 Å². The molecular weight excluding hydrogens is 276 g/mol. The van der Waals surface area contributed by atoms with Crippen LogP contribution in [-0.4, -0.2) is 38.5 Å². The number of nitrogen functional groups attached to an aromatic ring is 1. The van der Waals surface area contributed by atoms with Gasteiger partial charge in [0.1, 0.15) is 0 Å². The van der Waals surface area contributed by atoms with Crippen LogP contribution in [0.5, 0.6) is 0 Å². The number of primary sulfonamides is 1. The van der Waals surface area contributed by atoms with E-state index in [-0.39, 0.29) is 4.90 Å². The number of nitrogens with one attached hydrogen (secondary N) is 1. The van der Waals surface area contributed by atoms with Gasteiger partial charge in [-0.15, -0.1) is 0 Å². The molecule has 0 bridgehead atoms. The minimum atomic E-state index is -3.73. The highest BCUT2D eigenvalue weighted by atomic mass is 32.2. The summed E-state index contributed by atoms with van der Waals surface area (Å²) in [6, 6.07) is 5.61. The molecule has 2 saturated heterocycles. The first kappa shape index (κ1) is 13.7. The van der Waals surface area contributed by atoms with E-state index in [9.17, 15) is 8.42 Å². The largest absolute Gasteiger partial charge is 0.399 e. The lowest BCUT2D eigenvalue weighted by molar-refractivity contribution is 0.318. The smallest absolute Gasteiger partial charge is 0.238 e. The summed E-state index contributed by atoms with van der Waals surface area (Å²) in [5, 5.41) is 8.59. The minimum Gasteiger partial charge on any atom is -0.399 e. The molecule has 5 N–H and O–H groups in total. The summed E-state index contributed by atoms with van der Waals surface area (Å²) < 4.78 is 22.9. The maximum Gasteiger partial charge on any atom is 0.238 e. The first-order chi connectivity index (χ1) is 9.43. The number of hydrogen-bond donors (Lipinski definition) is 3. The molecule has 0 spiro atoms. The maximum absolute atomic E-state index is 11.4. The van der Waals surface area contributed by atoms with Crippen molar-refractivity contribution in [3.8, 4) is 0 Å². The van der Waals surface area contributed by atoms with E-state index in [1.165, 1.54) is 25.5 Å². The van der Waals surface area contributed by atoms with Crippen LogP contribution in [0.15, 0.2) is 23.1 Å². The van der Waals surface area contributed by atoms with Crippen LogP contribution < -0.4 is 16.2 Å². The SMILES string of the molecule is Nc1cc(NC2CCN3CCCC23)cc(S(N)(=O)=O)c1. The Hall–Kier alpha value is -1.31. The van der Waals surface area contributed by atoms with E-state index in [4.69, 9.17) is 10.9 Å². The van der Waals surface area contributed by atoms with Crippen LogP contribution in [0.3, 0.4) is 0 Å². The average molecular weight is 296 g/mol. The third-order valence-corrected chi connectivity index (χ3v) is 5.11. The van der Waals surface area contributed by atoms with Gasteiger partial charge in [-0.1, -0.05) is 0 Å². The Balaban J connectivity index is 1.82. The minimum absolute atomic E-state index is 0.0567. The van der Waals surface area contributed by atoms with Crippen molar-refractivity contribution in [3.63, 3.8) is 0 Å². The molecule has 2 heterocycles. The summed E-state index contributed by atoms with van der Waals surface area (Å²) in [6.45, 7) is 2.27. The standard InChI is InChI=1S/C13H20N4O2S/c14-9-6-10(8-11(7-9)20(15,18)19)16-12-3-5-17-4-1-2-13(12)17/h6-8,12-13,16H,1-5,14H2,(H2,15,18,19). The van der Waals surface area contributed by atoms with E-state index in [1.54, 1.807) is 12.1 Å². The third kappa shape index (κ3) is 2.61. The van der Waals surface area contributed by atoms with Gasteiger partial charge in [-0.3, -0.25) is 4.90 Å². The quantitative estimate of drug-likeness (QED) is 0.708. The second-order valence-electron chi connectivity index (χ2n) is 5.62. The summed E-state index contributed by atoms with van der Waals surface area (Å²) in [5.41, 5.74) is 6.90. The van der Waals surface area contributed by atoms with Crippen LogP contribution >= 0.6 is 0 Å². The van der Waals surface area contributed by atoms with Crippen LogP contribution in [0.2, 0.25) is 0 Å². The first-order valence-corrected chi connectivity index (χ1v) is 8.42. The number of nitrogens with two attached hydrogens (primary N) is 2. The molecule has 1 aromatic rings. The van der Waals surface area contributed by atoms with E-state index in [0.29, 0.717) is 17.8 Å². The zero-order chi connectivity index (χ0) is 14.3. The van der Waals surface area contributed by atoms with Gasteiger partial charge in [-0.2, -0.15) is 0 Å². The number of anilines is 2. The van der Waals surface area contributed by atoms with Crippen LogP contribution in [-0.2, 0) is 10.0 Å². The van der Waals surface area contributed by atoms with E-state index < -0.39 is 10.0 Å². The molecule has 0 amide bonds. The van der Waals surface area contributed by atoms with Crippen molar-refractivity contribution in [2.45, 2.75) is 36.2 Å². The monoisotopic (exact) mass is 296 g/mol.